The standard InChI is InChI=1S/C11H12O2/c12-6-7-5-8-1-2-10(13)11(8)4-3-9(7)11/h1-2,6-9H,3-5H2/t7-,8-,9-,11-/m1/s1. The maximum Gasteiger partial charge on any atom is 0.162 e. The molecule has 4 atom stereocenters. The lowest BCUT2D eigenvalue weighted by atomic mass is 9.57. The van der Waals surface area contributed by atoms with Gasteiger partial charge in [0.25, 0.3) is 0 Å². The average Bonchev–Trinajstić information content (AvgIpc) is 2.51. The molecule has 0 radical (unpaired) electrons. The molecule has 2 heteroatoms. The molecule has 0 unspecified atom stereocenters. The number of hydrogen-bond acceptors (Lipinski definition) is 2. The van der Waals surface area contributed by atoms with E-state index in [-0.39, 0.29) is 17.1 Å². The molecule has 0 aromatic rings. The van der Waals surface area contributed by atoms with E-state index in [1.807, 2.05) is 6.08 Å². The molecular formula is C11H12O2. The lowest BCUT2D eigenvalue weighted by Crippen LogP contribution is -2.45. The van der Waals surface area contributed by atoms with Gasteiger partial charge < -0.3 is 4.79 Å². The average molecular weight is 176 g/mol. The van der Waals surface area contributed by atoms with Crippen molar-refractivity contribution in [2.75, 3.05) is 0 Å². The van der Waals surface area contributed by atoms with E-state index in [2.05, 4.69) is 0 Å². The summed E-state index contributed by atoms with van der Waals surface area (Å²) in [5, 5.41) is 0. The molecule has 1 spiro atoms. The summed E-state index contributed by atoms with van der Waals surface area (Å²) in [6.07, 6.45) is 7.82. The maximum absolute atomic E-state index is 11.7. The molecule has 3 rings (SSSR count). The number of carbonyl (C=O) groups excluding carboxylic acids is 2. The van der Waals surface area contributed by atoms with Gasteiger partial charge >= 0.3 is 0 Å². The SMILES string of the molecule is O=C[C@H]1C[C@H]2C=CC(=O)[C@]23CC[C@H]13. The van der Waals surface area contributed by atoms with E-state index < -0.39 is 0 Å². The van der Waals surface area contributed by atoms with Crippen molar-refractivity contribution in [1.29, 1.82) is 0 Å². The van der Waals surface area contributed by atoms with Crippen LogP contribution < -0.4 is 0 Å². The Labute approximate surface area is 77.0 Å². The van der Waals surface area contributed by atoms with E-state index in [1.165, 1.54) is 0 Å². The van der Waals surface area contributed by atoms with Crippen molar-refractivity contribution < 1.29 is 9.59 Å². The van der Waals surface area contributed by atoms with E-state index in [9.17, 15) is 9.59 Å². The van der Waals surface area contributed by atoms with Gasteiger partial charge in [-0.1, -0.05) is 6.08 Å². The monoisotopic (exact) mass is 176 g/mol. The Bertz CT molecular complexity index is 318. The predicted molar refractivity (Wildman–Crippen MR) is 47.0 cm³/mol. The lowest BCUT2D eigenvalue weighted by molar-refractivity contribution is -0.134. The fourth-order valence-corrected chi connectivity index (χ4v) is 3.59. The second-order valence-corrected chi connectivity index (χ2v) is 4.55. The molecule has 0 aliphatic heterocycles. The highest BCUT2D eigenvalue weighted by Crippen LogP contribution is 2.65. The quantitative estimate of drug-likeness (QED) is 0.565. The summed E-state index contributed by atoms with van der Waals surface area (Å²) >= 11 is 0. The smallest absolute Gasteiger partial charge is 0.162 e. The van der Waals surface area contributed by atoms with Crippen LogP contribution in [0.5, 0.6) is 0 Å². The van der Waals surface area contributed by atoms with Gasteiger partial charge in [-0.15, -0.1) is 0 Å². The molecule has 0 aromatic heterocycles. The summed E-state index contributed by atoms with van der Waals surface area (Å²) in [5.74, 6) is 1.21. The summed E-state index contributed by atoms with van der Waals surface area (Å²) in [4.78, 5) is 22.5. The van der Waals surface area contributed by atoms with Gasteiger partial charge in [-0.05, 0) is 37.2 Å². The van der Waals surface area contributed by atoms with Crippen LogP contribution in [0, 0.1) is 23.2 Å². The third kappa shape index (κ3) is 0.630. The third-order valence-corrected chi connectivity index (χ3v) is 4.35. The van der Waals surface area contributed by atoms with Crippen molar-refractivity contribution in [3.05, 3.63) is 12.2 Å². The molecule has 0 saturated heterocycles. The highest BCUT2D eigenvalue weighted by molar-refractivity contribution is 5.99. The number of rotatable bonds is 1. The predicted octanol–water partition coefficient (Wildman–Crippen LogP) is 1.36. The number of hydrogen-bond donors (Lipinski definition) is 0. The fraction of sp³-hybridized carbons (Fsp3) is 0.636. The molecular weight excluding hydrogens is 164 g/mol. The van der Waals surface area contributed by atoms with Gasteiger partial charge in [0, 0.05) is 11.3 Å². The Morgan fingerprint density at radius 2 is 2.38 bits per heavy atom. The zero-order valence-corrected chi connectivity index (χ0v) is 7.40. The minimum Gasteiger partial charge on any atom is -0.303 e. The van der Waals surface area contributed by atoms with Crippen LogP contribution in [0.1, 0.15) is 19.3 Å². The van der Waals surface area contributed by atoms with Crippen LogP contribution in [0.25, 0.3) is 0 Å². The first kappa shape index (κ1) is 7.48. The largest absolute Gasteiger partial charge is 0.303 e. The number of aldehydes is 1. The molecule has 0 N–H and O–H groups in total. The lowest BCUT2D eigenvalue weighted by Gasteiger charge is -2.44. The van der Waals surface area contributed by atoms with Crippen LogP contribution in [-0.4, -0.2) is 12.1 Å². The summed E-state index contributed by atoms with van der Waals surface area (Å²) in [6.45, 7) is 0. The number of allylic oxidation sites excluding steroid dienone is 2. The van der Waals surface area contributed by atoms with Crippen molar-refractivity contribution in [1.82, 2.24) is 0 Å². The highest BCUT2D eigenvalue weighted by atomic mass is 16.1. The van der Waals surface area contributed by atoms with Crippen molar-refractivity contribution >= 4 is 12.1 Å². The van der Waals surface area contributed by atoms with Crippen LogP contribution in [0.4, 0.5) is 0 Å². The Balaban J connectivity index is 2.03. The third-order valence-electron chi connectivity index (χ3n) is 4.35. The summed E-state index contributed by atoms with van der Waals surface area (Å²) in [7, 11) is 0. The van der Waals surface area contributed by atoms with Crippen molar-refractivity contribution in [3.8, 4) is 0 Å². The molecule has 2 fully saturated rings. The Morgan fingerprint density at radius 1 is 1.54 bits per heavy atom. The van der Waals surface area contributed by atoms with Gasteiger partial charge in [0.05, 0.1) is 0 Å². The molecule has 0 heterocycles. The Kier molecular flexibility index (Phi) is 1.22. The Hall–Kier alpha value is -0.920. The van der Waals surface area contributed by atoms with Gasteiger partial charge in [-0.3, -0.25) is 4.79 Å². The highest BCUT2D eigenvalue weighted by Gasteiger charge is 2.64. The molecule has 2 nitrogen and oxygen atoms in total. The molecule has 2 saturated carbocycles. The normalized spacial score (nSPS) is 51.4. The molecule has 13 heavy (non-hydrogen) atoms. The molecule has 0 aromatic carbocycles. The molecule has 3 aliphatic rings. The molecule has 68 valence electrons. The van der Waals surface area contributed by atoms with E-state index >= 15 is 0 Å². The van der Waals surface area contributed by atoms with Crippen molar-refractivity contribution in [3.63, 3.8) is 0 Å². The van der Waals surface area contributed by atoms with E-state index in [1.54, 1.807) is 6.08 Å². The molecule has 0 bridgehead atoms. The topological polar surface area (TPSA) is 34.1 Å². The minimum absolute atomic E-state index is 0.106. The van der Waals surface area contributed by atoms with Gasteiger partial charge in [0.1, 0.15) is 6.29 Å². The van der Waals surface area contributed by atoms with Crippen LogP contribution in [0.2, 0.25) is 0 Å². The second-order valence-electron chi connectivity index (χ2n) is 4.55. The van der Waals surface area contributed by atoms with Crippen LogP contribution in [0.3, 0.4) is 0 Å². The van der Waals surface area contributed by atoms with Crippen molar-refractivity contribution in [2.45, 2.75) is 19.3 Å². The van der Waals surface area contributed by atoms with Gasteiger partial charge in [-0.25, -0.2) is 0 Å². The van der Waals surface area contributed by atoms with E-state index in [4.69, 9.17) is 0 Å². The van der Waals surface area contributed by atoms with Gasteiger partial charge in [-0.2, -0.15) is 0 Å². The summed E-state index contributed by atoms with van der Waals surface area (Å²) < 4.78 is 0. The minimum atomic E-state index is -0.106. The van der Waals surface area contributed by atoms with Gasteiger partial charge in [0.15, 0.2) is 5.78 Å². The zero-order valence-electron chi connectivity index (χ0n) is 7.40. The molecule has 3 aliphatic carbocycles. The summed E-state index contributed by atoms with van der Waals surface area (Å²) in [5.41, 5.74) is -0.106. The van der Waals surface area contributed by atoms with Crippen LogP contribution in [0.15, 0.2) is 12.2 Å². The van der Waals surface area contributed by atoms with Crippen LogP contribution in [-0.2, 0) is 9.59 Å². The molecule has 0 amide bonds. The first-order chi connectivity index (χ1) is 6.29. The van der Waals surface area contributed by atoms with Crippen LogP contribution >= 0.6 is 0 Å². The first-order valence-electron chi connectivity index (χ1n) is 4.97. The second kappa shape index (κ2) is 2.11. The first-order valence-corrected chi connectivity index (χ1v) is 4.97. The maximum atomic E-state index is 11.7. The van der Waals surface area contributed by atoms with E-state index in [0.29, 0.717) is 11.8 Å². The van der Waals surface area contributed by atoms with Gasteiger partial charge in [0.2, 0.25) is 0 Å². The number of carbonyl (C=O) groups is 2. The van der Waals surface area contributed by atoms with Crippen molar-refractivity contribution in [2.24, 2.45) is 23.2 Å². The zero-order chi connectivity index (χ0) is 9.05. The summed E-state index contributed by atoms with van der Waals surface area (Å²) in [6, 6.07) is 0. The van der Waals surface area contributed by atoms with E-state index in [0.717, 1.165) is 25.5 Å². The Morgan fingerprint density at radius 3 is 2.92 bits per heavy atom. The fourth-order valence-electron chi connectivity index (χ4n) is 3.59. The number of ketones is 1.